The Balaban J connectivity index is 0.000000199. The van der Waals surface area contributed by atoms with Crippen LogP contribution in [0.25, 0.3) is 11.1 Å². The summed E-state index contributed by atoms with van der Waals surface area (Å²) in [5.74, 6) is 0.332. The minimum absolute atomic E-state index is 0.0334. The Morgan fingerprint density at radius 2 is 1.29 bits per heavy atom. The van der Waals surface area contributed by atoms with E-state index in [-0.39, 0.29) is 31.2 Å². The van der Waals surface area contributed by atoms with Gasteiger partial charge in [-0.3, -0.25) is 4.98 Å². The second kappa shape index (κ2) is 19.3. The number of halogens is 1. The van der Waals surface area contributed by atoms with E-state index in [1.165, 1.54) is 12.1 Å². The van der Waals surface area contributed by atoms with Crippen molar-refractivity contribution in [3.8, 4) is 16.9 Å². The molecule has 0 bridgehead atoms. The predicted molar refractivity (Wildman–Crippen MR) is 221 cm³/mol. The lowest BCUT2D eigenvalue weighted by molar-refractivity contribution is -0.0893. The molecule has 3 N–H and O–H groups in total. The van der Waals surface area contributed by atoms with E-state index in [0.717, 1.165) is 33.6 Å². The lowest BCUT2D eigenvalue weighted by Crippen LogP contribution is -2.50. The van der Waals surface area contributed by atoms with Gasteiger partial charge >= 0.3 is 12.2 Å². The van der Waals surface area contributed by atoms with Gasteiger partial charge in [-0.1, -0.05) is 84.9 Å². The predicted octanol–water partition coefficient (Wildman–Crippen LogP) is 8.31. The molecule has 5 aromatic rings. The fourth-order valence-electron chi connectivity index (χ4n) is 7.88. The molecule has 2 amide bonds. The first-order valence-electron chi connectivity index (χ1n) is 19.9. The molecular formula is C47H52FN3O8. The number of hydrogen-bond donors (Lipinski definition) is 3. The number of carbonyl (C=O) groups is 2. The fourth-order valence-corrected chi connectivity index (χ4v) is 7.88. The van der Waals surface area contributed by atoms with E-state index >= 15 is 0 Å². The highest BCUT2D eigenvalue weighted by Crippen LogP contribution is 2.42. The molecule has 7 rings (SSSR count). The van der Waals surface area contributed by atoms with Gasteiger partial charge in [-0.25, -0.2) is 14.0 Å². The van der Waals surface area contributed by atoms with Crippen molar-refractivity contribution < 1.29 is 43.5 Å². The highest BCUT2D eigenvalue weighted by Gasteiger charge is 2.45. The Kier molecular flexibility index (Phi) is 14.0. The highest BCUT2D eigenvalue weighted by atomic mass is 19.1. The first-order chi connectivity index (χ1) is 28.5. The summed E-state index contributed by atoms with van der Waals surface area (Å²) < 4.78 is 30.4. The molecule has 3 heterocycles. The molecule has 2 fully saturated rings. The summed E-state index contributed by atoms with van der Waals surface area (Å²) in [5.41, 5.74) is 3.77. The molecule has 5 unspecified atom stereocenters. The monoisotopic (exact) mass is 805 g/mol. The minimum Gasteiger partial charge on any atom is -0.497 e. The number of hydrogen-bond acceptors (Lipinski definition) is 9. The molecule has 2 saturated heterocycles. The van der Waals surface area contributed by atoms with Crippen LogP contribution in [0.1, 0.15) is 73.9 Å². The van der Waals surface area contributed by atoms with Crippen LogP contribution < -0.4 is 4.74 Å². The molecule has 5 atom stereocenters. The maximum absolute atomic E-state index is 13.4. The Morgan fingerprint density at radius 1 is 0.729 bits per heavy atom. The van der Waals surface area contributed by atoms with E-state index in [2.05, 4.69) is 17.1 Å². The molecule has 0 aliphatic carbocycles. The van der Waals surface area contributed by atoms with Gasteiger partial charge in [0.2, 0.25) is 0 Å². The SMILES string of the molecule is CC(c1ccc(-c2cccnc2)cc1)N1CCC(CCO)(c2ccccc2)OC1=O.COc1ccc(C(C)N2CCC(CC(O)CO)(c3ccc(F)cc3)OC2=O)cc1. The fraction of sp³-hybridized carbons (Fsp3) is 0.340. The first kappa shape index (κ1) is 42.8. The van der Waals surface area contributed by atoms with Crippen molar-refractivity contribution >= 4 is 12.2 Å². The van der Waals surface area contributed by atoms with Crippen molar-refractivity contribution in [2.45, 2.75) is 68.9 Å². The lowest BCUT2D eigenvalue weighted by Gasteiger charge is -2.44. The van der Waals surface area contributed by atoms with Crippen LogP contribution in [0.3, 0.4) is 0 Å². The molecule has 2 aliphatic heterocycles. The van der Waals surface area contributed by atoms with E-state index in [4.69, 9.17) is 14.2 Å². The van der Waals surface area contributed by atoms with Gasteiger partial charge in [0.05, 0.1) is 31.9 Å². The second-order valence-corrected chi connectivity index (χ2v) is 15.0. The summed E-state index contributed by atoms with van der Waals surface area (Å²) in [6.45, 7) is 4.40. The number of ether oxygens (including phenoxy) is 3. The van der Waals surface area contributed by atoms with Gasteiger partial charge in [-0.15, -0.1) is 0 Å². The Labute approximate surface area is 344 Å². The lowest BCUT2D eigenvalue weighted by atomic mass is 9.83. The zero-order valence-corrected chi connectivity index (χ0v) is 33.6. The smallest absolute Gasteiger partial charge is 0.411 e. The maximum atomic E-state index is 13.4. The average molecular weight is 806 g/mol. The van der Waals surface area contributed by atoms with Gasteiger partial charge < -0.3 is 39.3 Å². The summed E-state index contributed by atoms with van der Waals surface area (Å²) >= 11 is 0. The number of rotatable bonds is 13. The van der Waals surface area contributed by atoms with Crippen molar-refractivity contribution in [2.75, 3.05) is 33.4 Å². The van der Waals surface area contributed by atoms with Crippen LogP contribution in [0, 0.1) is 5.82 Å². The molecule has 310 valence electrons. The van der Waals surface area contributed by atoms with Crippen LogP contribution in [0.5, 0.6) is 5.75 Å². The number of nitrogens with zero attached hydrogens (tertiary/aromatic N) is 3. The second-order valence-electron chi connectivity index (χ2n) is 15.0. The Hall–Kier alpha value is -5.82. The number of benzene rings is 4. The maximum Gasteiger partial charge on any atom is 0.411 e. The number of cyclic esters (lactones) is 2. The van der Waals surface area contributed by atoms with Crippen LogP contribution >= 0.6 is 0 Å². The number of methoxy groups -OCH3 is 1. The highest BCUT2D eigenvalue weighted by molar-refractivity contribution is 5.71. The quantitative estimate of drug-likeness (QED) is 0.107. The summed E-state index contributed by atoms with van der Waals surface area (Å²) in [4.78, 5) is 33.4. The van der Waals surface area contributed by atoms with Gasteiger partial charge in [0.15, 0.2) is 0 Å². The molecular weight excluding hydrogens is 754 g/mol. The van der Waals surface area contributed by atoms with Crippen LogP contribution in [0.2, 0.25) is 0 Å². The number of carbonyl (C=O) groups excluding carboxylic acids is 2. The van der Waals surface area contributed by atoms with E-state index in [1.807, 2.05) is 98.9 Å². The van der Waals surface area contributed by atoms with E-state index in [0.29, 0.717) is 37.9 Å². The van der Waals surface area contributed by atoms with Crippen LogP contribution in [-0.4, -0.2) is 81.8 Å². The molecule has 2 aliphatic rings. The number of pyridine rings is 1. The number of aromatic nitrogens is 1. The third-order valence-corrected chi connectivity index (χ3v) is 11.4. The van der Waals surface area contributed by atoms with Gasteiger partial charge in [0.25, 0.3) is 0 Å². The molecule has 59 heavy (non-hydrogen) atoms. The topological polar surface area (TPSA) is 142 Å². The van der Waals surface area contributed by atoms with Crippen molar-refractivity contribution in [3.05, 3.63) is 156 Å². The zero-order valence-electron chi connectivity index (χ0n) is 33.6. The largest absolute Gasteiger partial charge is 0.497 e. The Bertz CT molecular complexity index is 2110. The van der Waals surface area contributed by atoms with E-state index in [1.54, 1.807) is 35.2 Å². The molecule has 0 radical (unpaired) electrons. The number of amides is 2. The summed E-state index contributed by atoms with van der Waals surface area (Å²) in [6.07, 6.45) is 3.15. The normalized spacial score (nSPS) is 20.7. The van der Waals surface area contributed by atoms with Gasteiger partial charge in [0.1, 0.15) is 22.8 Å². The van der Waals surface area contributed by atoms with E-state index < -0.39 is 35.8 Å². The molecule has 4 aromatic carbocycles. The van der Waals surface area contributed by atoms with Crippen LogP contribution in [-0.2, 0) is 20.7 Å². The van der Waals surface area contributed by atoms with Crippen LogP contribution in [0.4, 0.5) is 14.0 Å². The molecule has 11 nitrogen and oxygen atoms in total. The van der Waals surface area contributed by atoms with Crippen molar-refractivity contribution in [1.82, 2.24) is 14.8 Å². The van der Waals surface area contributed by atoms with Crippen LogP contribution in [0.15, 0.2) is 128 Å². The van der Waals surface area contributed by atoms with Gasteiger partial charge in [-0.05, 0) is 77.6 Å². The third-order valence-electron chi connectivity index (χ3n) is 11.4. The average Bonchev–Trinajstić information content (AvgIpc) is 3.27. The van der Waals surface area contributed by atoms with Gasteiger partial charge in [0, 0.05) is 57.8 Å². The summed E-state index contributed by atoms with van der Waals surface area (Å²) in [5, 5.41) is 28.9. The number of aliphatic hydroxyl groups is 3. The molecule has 1 aromatic heterocycles. The molecule has 12 heteroatoms. The van der Waals surface area contributed by atoms with E-state index in [9.17, 15) is 29.3 Å². The minimum atomic E-state index is -1.12. The zero-order chi connectivity index (χ0) is 42.0. The van der Waals surface area contributed by atoms with Crippen molar-refractivity contribution in [1.29, 1.82) is 0 Å². The first-order valence-corrected chi connectivity index (χ1v) is 19.9. The molecule has 0 spiro atoms. The van der Waals surface area contributed by atoms with Crippen molar-refractivity contribution in [3.63, 3.8) is 0 Å². The van der Waals surface area contributed by atoms with Gasteiger partial charge in [-0.2, -0.15) is 0 Å². The summed E-state index contributed by atoms with van der Waals surface area (Å²) in [6, 6.07) is 34.7. The summed E-state index contributed by atoms with van der Waals surface area (Å²) in [7, 11) is 1.59. The number of aliphatic hydroxyl groups excluding tert-OH is 3. The standard InChI is InChI=1S/C25H26N2O3.C22H26FNO5/c1-19(20-9-11-21(12-10-20)22-6-5-15-26-18-22)27-16-13-25(14-17-28,30-24(27)29)23-7-3-2-4-8-23;1-15(16-3-9-20(28-2)10-4-16)24-12-11-22(29-21(24)27,13-19(26)14-25)17-5-7-18(23)8-6-17/h2-12,15,18-19,28H,13-14,16-17H2,1H3;3-10,15,19,25-26H,11-14H2,1-2H3. The Morgan fingerprint density at radius 3 is 1.81 bits per heavy atom. The molecule has 0 saturated carbocycles. The third kappa shape index (κ3) is 9.90. The van der Waals surface area contributed by atoms with Crippen molar-refractivity contribution in [2.24, 2.45) is 0 Å².